The van der Waals surface area contributed by atoms with Gasteiger partial charge in [0.2, 0.25) is 5.89 Å². The van der Waals surface area contributed by atoms with Crippen LogP contribution in [0.2, 0.25) is 5.02 Å². The first-order valence-electron chi connectivity index (χ1n) is 10.2. The molecule has 5 rings (SSSR count). The fourth-order valence-corrected chi connectivity index (χ4v) is 3.94. The second-order valence-electron chi connectivity index (χ2n) is 7.49. The number of aryl methyl sites for hydroxylation is 1. The third kappa shape index (κ3) is 3.90. The van der Waals surface area contributed by atoms with Crippen molar-refractivity contribution < 1.29 is 4.42 Å². The Hall–Kier alpha value is -3.62. The molecule has 0 N–H and O–H groups in total. The van der Waals surface area contributed by atoms with Crippen molar-refractivity contribution in [3.05, 3.63) is 114 Å². The van der Waals surface area contributed by atoms with Crippen LogP contribution >= 0.6 is 11.6 Å². The van der Waals surface area contributed by atoms with E-state index in [1.807, 2.05) is 66.7 Å². The van der Waals surface area contributed by atoms with Crippen molar-refractivity contribution in [1.82, 2.24) is 4.98 Å². The molecule has 0 spiro atoms. The standard InChI is InChI=1S/C28H20ClNO/c1-19-9-8-14-22(17-19)25-18-23(29)15-16-24(25)28-30-26(20-10-4-2-5-11-20)27(31-28)21-12-6-3-7-13-21/h2-18H,1H3. The summed E-state index contributed by atoms with van der Waals surface area (Å²) >= 11 is 6.37. The summed E-state index contributed by atoms with van der Waals surface area (Å²) in [6, 6.07) is 34.4. The SMILES string of the molecule is Cc1cccc(-c2cc(Cl)ccc2-c2nc(-c3ccccc3)c(-c3ccccc3)o2)c1. The summed E-state index contributed by atoms with van der Waals surface area (Å²) in [5, 5.41) is 0.679. The van der Waals surface area contributed by atoms with E-state index in [1.54, 1.807) is 0 Å². The molecule has 0 atom stereocenters. The highest BCUT2D eigenvalue weighted by molar-refractivity contribution is 6.31. The van der Waals surface area contributed by atoms with Crippen molar-refractivity contribution in [2.24, 2.45) is 0 Å². The normalized spacial score (nSPS) is 10.9. The van der Waals surface area contributed by atoms with Crippen LogP contribution in [0.5, 0.6) is 0 Å². The summed E-state index contributed by atoms with van der Waals surface area (Å²) in [7, 11) is 0. The first kappa shape index (κ1) is 19.3. The van der Waals surface area contributed by atoms with E-state index < -0.39 is 0 Å². The summed E-state index contributed by atoms with van der Waals surface area (Å²) in [5.74, 6) is 1.33. The summed E-state index contributed by atoms with van der Waals surface area (Å²) < 4.78 is 6.42. The lowest BCUT2D eigenvalue weighted by atomic mass is 9.98. The summed E-state index contributed by atoms with van der Waals surface area (Å²) in [6.45, 7) is 2.08. The van der Waals surface area contributed by atoms with Gasteiger partial charge in [-0.25, -0.2) is 4.98 Å². The molecule has 0 aliphatic carbocycles. The van der Waals surface area contributed by atoms with Crippen LogP contribution in [-0.4, -0.2) is 4.98 Å². The van der Waals surface area contributed by atoms with Gasteiger partial charge in [-0.05, 0) is 36.2 Å². The van der Waals surface area contributed by atoms with Crippen LogP contribution < -0.4 is 0 Å². The largest absolute Gasteiger partial charge is 0.435 e. The second-order valence-corrected chi connectivity index (χ2v) is 7.92. The molecule has 0 aliphatic rings. The molecule has 0 bridgehead atoms. The van der Waals surface area contributed by atoms with E-state index in [2.05, 4.69) is 43.3 Å². The van der Waals surface area contributed by atoms with Gasteiger partial charge in [-0.15, -0.1) is 0 Å². The van der Waals surface area contributed by atoms with E-state index in [1.165, 1.54) is 5.56 Å². The zero-order valence-electron chi connectivity index (χ0n) is 17.0. The Bertz CT molecular complexity index is 1280. The lowest BCUT2D eigenvalue weighted by Gasteiger charge is -2.09. The second kappa shape index (κ2) is 8.25. The van der Waals surface area contributed by atoms with Gasteiger partial charge in [0.25, 0.3) is 0 Å². The molecule has 0 amide bonds. The fraction of sp³-hybridized carbons (Fsp3) is 0.0357. The van der Waals surface area contributed by atoms with Gasteiger partial charge >= 0.3 is 0 Å². The Kier molecular flexibility index (Phi) is 5.15. The van der Waals surface area contributed by atoms with Gasteiger partial charge in [0.1, 0.15) is 5.69 Å². The zero-order chi connectivity index (χ0) is 21.2. The molecule has 1 heterocycles. The Morgan fingerprint density at radius 1 is 0.645 bits per heavy atom. The molecule has 0 saturated heterocycles. The Balaban J connectivity index is 1.73. The quantitative estimate of drug-likeness (QED) is 0.291. The highest BCUT2D eigenvalue weighted by atomic mass is 35.5. The van der Waals surface area contributed by atoms with Gasteiger partial charge in [-0.3, -0.25) is 0 Å². The van der Waals surface area contributed by atoms with Crippen molar-refractivity contribution in [2.45, 2.75) is 6.92 Å². The predicted molar refractivity (Wildman–Crippen MR) is 128 cm³/mol. The number of hydrogen-bond acceptors (Lipinski definition) is 2. The maximum atomic E-state index is 6.42. The van der Waals surface area contributed by atoms with Crippen molar-refractivity contribution in [1.29, 1.82) is 0 Å². The Morgan fingerprint density at radius 2 is 1.32 bits per heavy atom. The van der Waals surface area contributed by atoms with E-state index in [-0.39, 0.29) is 0 Å². The number of rotatable bonds is 4. The van der Waals surface area contributed by atoms with Gasteiger partial charge in [0.05, 0.1) is 0 Å². The van der Waals surface area contributed by atoms with Crippen molar-refractivity contribution >= 4 is 11.6 Å². The van der Waals surface area contributed by atoms with Crippen LogP contribution in [-0.2, 0) is 0 Å². The smallest absolute Gasteiger partial charge is 0.227 e. The maximum Gasteiger partial charge on any atom is 0.227 e. The Labute approximate surface area is 186 Å². The molecular formula is C28H20ClNO. The van der Waals surface area contributed by atoms with Gasteiger partial charge in [0, 0.05) is 21.7 Å². The molecule has 31 heavy (non-hydrogen) atoms. The molecule has 4 aromatic carbocycles. The van der Waals surface area contributed by atoms with Crippen molar-refractivity contribution in [2.75, 3.05) is 0 Å². The molecule has 0 radical (unpaired) electrons. The molecule has 0 unspecified atom stereocenters. The minimum atomic E-state index is 0.575. The van der Waals surface area contributed by atoms with Crippen LogP contribution in [0, 0.1) is 6.92 Å². The average molecular weight is 422 g/mol. The molecule has 0 saturated carbocycles. The lowest BCUT2D eigenvalue weighted by molar-refractivity contribution is 0.589. The number of hydrogen-bond donors (Lipinski definition) is 0. The molecule has 0 aliphatic heterocycles. The third-order valence-corrected chi connectivity index (χ3v) is 5.49. The van der Waals surface area contributed by atoms with Crippen LogP contribution in [0.15, 0.2) is 108 Å². The van der Waals surface area contributed by atoms with Gasteiger partial charge in [-0.2, -0.15) is 0 Å². The van der Waals surface area contributed by atoms with Gasteiger partial charge in [-0.1, -0.05) is 102 Å². The lowest BCUT2D eigenvalue weighted by Crippen LogP contribution is -1.87. The zero-order valence-corrected chi connectivity index (χ0v) is 17.8. The van der Waals surface area contributed by atoms with E-state index >= 15 is 0 Å². The highest BCUT2D eigenvalue weighted by Crippen LogP contribution is 2.40. The van der Waals surface area contributed by atoms with Gasteiger partial charge in [0.15, 0.2) is 5.76 Å². The first-order chi connectivity index (χ1) is 15.2. The topological polar surface area (TPSA) is 26.0 Å². The molecule has 5 aromatic rings. The minimum Gasteiger partial charge on any atom is -0.435 e. The van der Waals surface area contributed by atoms with E-state index in [0.29, 0.717) is 10.9 Å². The summed E-state index contributed by atoms with van der Waals surface area (Å²) in [4.78, 5) is 4.96. The molecule has 150 valence electrons. The van der Waals surface area contributed by atoms with Gasteiger partial charge < -0.3 is 4.42 Å². The van der Waals surface area contributed by atoms with Crippen molar-refractivity contribution in [3.63, 3.8) is 0 Å². The van der Waals surface area contributed by atoms with Crippen LogP contribution in [0.25, 0.3) is 45.2 Å². The first-order valence-corrected chi connectivity index (χ1v) is 10.6. The maximum absolute atomic E-state index is 6.42. The molecule has 3 heteroatoms. The molecule has 0 fully saturated rings. The van der Waals surface area contributed by atoms with Crippen LogP contribution in [0.1, 0.15) is 5.56 Å². The number of oxazole rings is 1. The summed E-state index contributed by atoms with van der Waals surface area (Å²) in [6.07, 6.45) is 0. The van der Waals surface area contributed by atoms with Crippen LogP contribution in [0.3, 0.4) is 0 Å². The molecular weight excluding hydrogens is 402 g/mol. The fourth-order valence-electron chi connectivity index (χ4n) is 3.77. The minimum absolute atomic E-state index is 0.575. The number of nitrogens with zero attached hydrogens (tertiary/aromatic N) is 1. The number of benzene rings is 4. The van der Waals surface area contributed by atoms with E-state index in [4.69, 9.17) is 21.0 Å². The third-order valence-electron chi connectivity index (χ3n) is 5.25. The Morgan fingerprint density at radius 3 is 2.03 bits per heavy atom. The highest BCUT2D eigenvalue weighted by Gasteiger charge is 2.20. The number of halogens is 1. The molecule has 1 aromatic heterocycles. The monoisotopic (exact) mass is 421 g/mol. The van der Waals surface area contributed by atoms with Crippen molar-refractivity contribution in [3.8, 4) is 45.2 Å². The summed E-state index contributed by atoms with van der Waals surface area (Å²) in [5.41, 5.74) is 7.01. The number of aromatic nitrogens is 1. The predicted octanol–water partition coefficient (Wildman–Crippen LogP) is 8.30. The van der Waals surface area contributed by atoms with Crippen LogP contribution in [0.4, 0.5) is 0 Å². The average Bonchev–Trinajstić information content (AvgIpc) is 3.25. The van der Waals surface area contributed by atoms with E-state index in [9.17, 15) is 0 Å². The molecule has 2 nitrogen and oxygen atoms in total. The van der Waals surface area contributed by atoms with E-state index in [0.717, 1.165) is 39.3 Å².